The number of nitrogens with two attached hydrogens (primary N) is 2. The van der Waals surface area contributed by atoms with Gasteiger partial charge in [-0.2, -0.15) is 0 Å². The summed E-state index contributed by atoms with van der Waals surface area (Å²) in [5.74, 6) is 1.03. The molecule has 0 saturated carbocycles. The summed E-state index contributed by atoms with van der Waals surface area (Å²) >= 11 is 1.33. The van der Waals surface area contributed by atoms with Crippen molar-refractivity contribution in [3.63, 3.8) is 0 Å². The number of ketones is 1. The number of thiazole rings is 1. The molecule has 58 heavy (non-hydrogen) atoms. The number of rotatable bonds is 18. The molecule has 0 radical (unpaired) electrons. The number of nitrogens with zero attached hydrogens (tertiary/aromatic N) is 3. The third-order valence-electron chi connectivity index (χ3n) is 9.64. The van der Waals surface area contributed by atoms with Crippen molar-refractivity contribution in [3.8, 4) is 0 Å². The number of benzene rings is 1. The molecular formula is C46H83N5O6S. The van der Waals surface area contributed by atoms with Gasteiger partial charge in [-0.15, -0.1) is 11.3 Å². The van der Waals surface area contributed by atoms with Crippen LogP contribution in [0, 0.1) is 23.2 Å². The summed E-state index contributed by atoms with van der Waals surface area (Å²) in [7, 11) is 2.19. The smallest absolute Gasteiger partial charge is 0.290 e. The monoisotopic (exact) mass is 834 g/mol. The lowest BCUT2D eigenvalue weighted by Crippen LogP contribution is -2.44. The molecule has 3 rings (SSSR count). The van der Waals surface area contributed by atoms with Crippen LogP contribution in [0.5, 0.6) is 0 Å². The molecule has 1 aliphatic rings. The minimum absolute atomic E-state index is 0.00240. The summed E-state index contributed by atoms with van der Waals surface area (Å²) in [6.45, 7) is 24.6. The van der Waals surface area contributed by atoms with E-state index in [-0.39, 0.29) is 42.5 Å². The van der Waals surface area contributed by atoms with Gasteiger partial charge in [-0.3, -0.25) is 19.2 Å². The molecule has 2 heterocycles. The number of aliphatic hydroxyl groups is 1. The van der Waals surface area contributed by atoms with Crippen LogP contribution in [0.1, 0.15) is 173 Å². The van der Waals surface area contributed by atoms with Crippen LogP contribution in [-0.4, -0.2) is 82.3 Å². The molecule has 3 atom stereocenters. The number of amides is 2. The number of hydrogen-bond acceptors (Lipinski definition) is 9. The van der Waals surface area contributed by atoms with E-state index in [9.17, 15) is 14.7 Å². The first-order valence-electron chi connectivity index (χ1n) is 21.5. The molecule has 1 aliphatic heterocycles. The standard InChI is InChI=1S/C24H42N2O3S.C14H23N.C6H13N.CH3NO.CH2O2/c1-7-9-11-12-14-26(22(28)13-10-8-2)20(17(3)4)15-21(27)24-25-19(16-30-24)23(29)18(5)6;1-11(10-14(2,3)4)9-12-5-7-13(15)8-6-12;1-7-5-3-2-4-6-7;2*2-1-3/h16-18,20-21,27H,7-15H2,1-6H3;5-8,11H,9-10,15H2,1-4H3;2-6H2,1H3;1H,(H2,2,3);1H,(H,2,3). The Kier molecular flexibility index (Phi) is 32.8. The lowest BCUT2D eigenvalue weighted by atomic mass is 9.83. The summed E-state index contributed by atoms with van der Waals surface area (Å²) in [5.41, 5.74) is 12.9. The van der Waals surface area contributed by atoms with Gasteiger partial charge in [-0.25, -0.2) is 4.98 Å². The van der Waals surface area contributed by atoms with Crippen molar-refractivity contribution < 1.29 is 29.4 Å². The number of anilines is 1. The lowest BCUT2D eigenvalue weighted by Gasteiger charge is -2.36. The van der Waals surface area contributed by atoms with Crippen LogP contribution < -0.4 is 11.5 Å². The van der Waals surface area contributed by atoms with Gasteiger partial charge in [-0.05, 0) is 93.6 Å². The maximum Gasteiger partial charge on any atom is 0.290 e. The van der Waals surface area contributed by atoms with Gasteiger partial charge in [0.25, 0.3) is 6.47 Å². The zero-order chi connectivity index (χ0) is 44.7. The van der Waals surface area contributed by atoms with E-state index in [2.05, 4.69) is 90.2 Å². The van der Waals surface area contributed by atoms with Gasteiger partial charge < -0.3 is 31.5 Å². The number of aromatic nitrogens is 1. The Labute approximate surface area is 356 Å². The maximum absolute atomic E-state index is 13.0. The van der Waals surface area contributed by atoms with Crippen molar-refractivity contribution in [2.24, 2.45) is 28.9 Å². The van der Waals surface area contributed by atoms with Crippen molar-refractivity contribution in [1.82, 2.24) is 14.8 Å². The number of nitrogen functional groups attached to an aromatic ring is 1. The van der Waals surface area contributed by atoms with Crippen LogP contribution in [-0.2, 0) is 20.8 Å². The zero-order valence-electron chi connectivity index (χ0n) is 38.2. The Morgan fingerprint density at radius 2 is 1.50 bits per heavy atom. The minimum atomic E-state index is -0.770. The molecule has 2 amide bonds. The molecular weight excluding hydrogens is 751 g/mol. The number of piperidine rings is 1. The van der Waals surface area contributed by atoms with Gasteiger partial charge in [0, 0.05) is 42.4 Å². The molecule has 1 fully saturated rings. The number of likely N-dealkylation sites (tertiary alicyclic amines) is 1. The molecule has 3 unspecified atom stereocenters. The lowest BCUT2D eigenvalue weighted by molar-refractivity contribution is -0.135. The summed E-state index contributed by atoms with van der Waals surface area (Å²) in [5, 5.41) is 20.1. The highest BCUT2D eigenvalue weighted by Crippen LogP contribution is 2.29. The molecule has 1 saturated heterocycles. The number of carboxylic acid groups (broad SMARTS) is 1. The van der Waals surface area contributed by atoms with Gasteiger partial charge >= 0.3 is 0 Å². The van der Waals surface area contributed by atoms with E-state index in [4.69, 9.17) is 20.4 Å². The predicted octanol–water partition coefficient (Wildman–Crippen LogP) is 9.82. The van der Waals surface area contributed by atoms with E-state index in [1.54, 1.807) is 5.38 Å². The summed E-state index contributed by atoms with van der Waals surface area (Å²) in [6.07, 6.45) is 13.5. The van der Waals surface area contributed by atoms with Crippen molar-refractivity contribution in [2.75, 3.05) is 32.4 Å². The number of hydrogen-bond donors (Lipinski definition) is 4. The number of aliphatic hydroxyl groups excluding tert-OH is 1. The zero-order valence-corrected chi connectivity index (χ0v) is 39.0. The third-order valence-corrected chi connectivity index (χ3v) is 10.6. The van der Waals surface area contributed by atoms with Gasteiger partial charge in [-0.1, -0.05) is 113 Å². The van der Waals surface area contributed by atoms with E-state index in [0.717, 1.165) is 56.7 Å². The number of unbranched alkanes of at least 4 members (excludes halogenated alkanes) is 4. The summed E-state index contributed by atoms with van der Waals surface area (Å²) < 4.78 is 0. The number of Topliss-reactive ketones (excluding diaryl/α,β-unsaturated/α-hetero) is 1. The van der Waals surface area contributed by atoms with Crippen LogP contribution in [0.25, 0.3) is 0 Å². The van der Waals surface area contributed by atoms with Gasteiger partial charge in [0.15, 0.2) is 5.78 Å². The van der Waals surface area contributed by atoms with Crippen molar-refractivity contribution in [1.29, 1.82) is 0 Å². The summed E-state index contributed by atoms with van der Waals surface area (Å²) in [4.78, 5) is 50.9. The Hall–Kier alpha value is -3.35. The van der Waals surface area contributed by atoms with Crippen LogP contribution in [0.2, 0.25) is 0 Å². The Balaban J connectivity index is 0. The van der Waals surface area contributed by atoms with Crippen LogP contribution in [0.4, 0.5) is 5.69 Å². The fraction of sp³-hybridized carbons (Fsp3) is 0.717. The predicted molar refractivity (Wildman–Crippen MR) is 243 cm³/mol. The van der Waals surface area contributed by atoms with Crippen LogP contribution >= 0.6 is 11.3 Å². The number of carbonyl (C=O) groups excluding carboxylic acids is 3. The number of primary amides is 1. The molecule has 11 nitrogen and oxygen atoms in total. The fourth-order valence-corrected chi connectivity index (χ4v) is 7.63. The second-order valence-corrected chi connectivity index (χ2v) is 18.2. The first kappa shape index (κ1) is 56.7. The van der Waals surface area contributed by atoms with Crippen molar-refractivity contribution in [2.45, 2.75) is 165 Å². The van der Waals surface area contributed by atoms with Gasteiger partial charge in [0.2, 0.25) is 12.3 Å². The van der Waals surface area contributed by atoms with E-state index >= 15 is 0 Å². The highest BCUT2D eigenvalue weighted by atomic mass is 32.1. The molecule has 2 aromatic rings. The largest absolute Gasteiger partial charge is 0.483 e. The third kappa shape index (κ3) is 28.1. The van der Waals surface area contributed by atoms with Gasteiger partial charge in [0.1, 0.15) is 16.8 Å². The molecule has 1 aromatic carbocycles. The van der Waals surface area contributed by atoms with E-state index in [1.165, 1.54) is 62.1 Å². The van der Waals surface area contributed by atoms with E-state index in [0.29, 0.717) is 29.0 Å². The maximum atomic E-state index is 13.0. The highest BCUT2D eigenvalue weighted by Gasteiger charge is 2.30. The summed E-state index contributed by atoms with van der Waals surface area (Å²) in [6, 6.07) is 8.19. The van der Waals surface area contributed by atoms with Crippen molar-refractivity contribution in [3.05, 3.63) is 45.9 Å². The molecule has 6 N–H and O–H groups in total. The molecule has 334 valence electrons. The molecule has 12 heteroatoms. The topological polar surface area (TPSA) is 180 Å². The number of carbonyl (C=O) groups is 4. The highest BCUT2D eigenvalue weighted by molar-refractivity contribution is 7.09. The Bertz CT molecular complexity index is 1330. The quantitative estimate of drug-likeness (QED) is 0.0492. The van der Waals surface area contributed by atoms with Crippen molar-refractivity contribution >= 4 is 41.6 Å². The SMILES string of the molecule is CC(Cc1ccc(N)cc1)CC(C)(C)C.CCCCCCN(C(=O)CCCC)C(CC(O)c1nc(C(=O)C(C)C)cs1)C(C)C.CN1CCCCC1.NC=O.O=CO. The Morgan fingerprint density at radius 3 is 1.95 bits per heavy atom. The fourth-order valence-electron chi connectivity index (χ4n) is 6.82. The minimum Gasteiger partial charge on any atom is -0.483 e. The second-order valence-electron chi connectivity index (χ2n) is 17.3. The normalized spacial score (nSPS) is 14.1. The molecule has 0 bridgehead atoms. The van der Waals surface area contributed by atoms with E-state index < -0.39 is 6.10 Å². The second kappa shape index (κ2) is 33.5. The first-order valence-corrected chi connectivity index (χ1v) is 22.4. The van der Waals surface area contributed by atoms with Crippen LogP contribution in [0.15, 0.2) is 29.6 Å². The molecule has 1 aromatic heterocycles. The average Bonchev–Trinajstić information content (AvgIpc) is 3.65. The van der Waals surface area contributed by atoms with Gasteiger partial charge in [0.05, 0.1) is 0 Å². The Morgan fingerprint density at radius 1 is 0.948 bits per heavy atom. The first-order chi connectivity index (χ1) is 27.3. The molecule has 0 aliphatic carbocycles. The van der Waals surface area contributed by atoms with Crippen LogP contribution in [0.3, 0.4) is 0 Å². The average molecular weight is 834 g/mol. The molecule has 0 spiro atoms. The van der Waals surface area contributed by atoms with E-state index in [1.807, 2.05) is 30.9 Å².